The lowest BCUT2D eigenvalue weighted by molar-refractivity contribution is -0.384. The molecule has 2 amide bonds. The van der Waals surface area contributed by atoms with Crippen molar-refractivity contribution in [2.24, 2.45) is 0 Å². The first kappa shape index (κ1) is 31.6. The summed E-state index contributed by atoms with van der Waals surface area (Å²) >= 11 is 0. The highest BCUT2D eigenvalue weighted by Gasteiger charge is 2.44. The normalized spacial score (nSPS) is 18.3. The first-order valence-electron chi connectivity index (χ1n) is 13.2. The number of nitro benzene ring substituents is 1. The van der Waals surface area contributed by atoms with Crippen molar-refractivity contribution in [3.05, 3.63) is 39.9 Å². The molecule has 0 aliphatic carbocycles. The van der Waals surface area contributed by atoms with Crippen LogP contribution in [-0.2, 0) is 20.5 Å². The summed E-state index contributed by atoms with van der Waals surface area (Å²) in [7, 11) is -0.334. The van der Waals surface area contributed by atoms with E-state index >= 15 is 0 Å². The number of nitro groups is 1. The van der Waals surface area contributed by atoms with Crippen LogP contribution in [0.25, 0.3) is 0 Å². The van der Waals surface area contributed by atoms with Crippen LogP contribution in [0.2, 0.25) is 18.1 Å². The van der Waals surface area contributed by atoms with E-state index in [2.05, 4.69) is 33.9 Å². The lowest BCUT2D eigenvalue weighted by atomic mass is 10.1. The highest BCUT2D eigenvalue weighted by atomic mass is 28.4. The van der Waals surface area contributed by atoms with Gasteiger partial charge in [0, 0.05) is 38.3 Å². The Bertz CT molecular complexity index is 970. The fraction of sp³-hybridized carbons (Fsp3) is 0.704. The topological polar surface area (TPSA) is 111 Å². The molecular formula is C27H45N3O7Si. The standard InChI is InChI=1S/C27H45N3O7Si/c1-26(2,3)36-25(32)29-18-23(37-38(8,9)27(4,5)6)17-22(29)11-10-16-28(7)24(31)35-19-20-12-14-21(15-13-20)30(33)34/h12-15,22-23H,10-11,16-19H2,1-9H3/t22-,23-/m1/s1. The van der Waals surface area contributed by atoms with E-state index in [1.807, 2.05) is 20.8 Å². The van der Waals surface area contributed by atoms with Gasteiger partial charge >= 0.3 is 12.2 Å². The van der Waals surface area contributed by atoms with Crippen LogP contribution in [0, 0.1) is 10.1 Å². The fourth-order valence-corrected chi connectivity index (χ4v) is 5.35. The average molecular weight is 552 g/mol. The molecule has 0 unspecified atom stereocenters. The van der Waals surface area contributed by atoms with Crippen LogP contribution in [-0.4, -0.2) is 73.1 Å². The number of carbonyl (C=O) groups excluding carboxylic acids is 2. The summed E-state index contributed by atoms with van der Waals surface area (Å²) in [5.74, 6) is 0. The summed E-state index contributed by atoms with van der Waals surface area (Å²) in [5, 5.41) is 10.8. The molecule has 2 atom stereocenters. The second-order valence-electron chi connectivity index (χ2n) is 12.6. The quantitative estimate of drug-likeness (QED) is 0.200. The van der Waals surface area contributed by atoms with Crippen molar-refractivity contribution < 1.29 is 28.4 Å². The molecule has 0 saturated carbocycles. The Morgan fingerprint density at radius 2 is 1.74 bits per heavy atom. The number of amides is 2. The molecule has 0 N–H and O–H groups in total. The molecule has 10 nitrogen and oxygen atoms in total. The van der Waals surface area contributed by atoms with Crippen LogP contribution in [0.4, 0.5) is 15.3 Å². The van der Waals surface area contributed by atoms with Gasteiger partial charge in [-0.25, -0.2) is 9.59 Å². The molecule has 0 bridgehead atoms. The maximum absolute atomic E-state index is 13.0. The van der Waals surface area contributed by atoms with Gasteiger partial charge in [0.25, 0.3) is 5.69 Å². The second-order valence-corrected chi connectivity index (χ2v) is 17.3. The Balaban J connectivity index is 1.93. The van der Waals surface area contributed by atoms with E-state index in [1.54, 1.807) is 24.1 Å². The van der Waals surface area contributed by atoms with Crippen molar-refractivity contribution >= 4 is 26.2 Å². The van der Waals surface area contributed by atoms with Gasteiger partial charge in [-0.3, -0.25) is 10.1 Å². The van der Waals surface area contributed by atoms with Gasteiger partial charge in [0.2, 0.25) is 0 Å². The van der Waals surface area contributed by atoms with E-state index in [4.69, 9.17) is 13.9 Å². The first-order chi connectivity index (χ1) is 17.4. The van der Waals surface area contributed by atoms with Gasteiger partial charge in [0.05, 0.1) is 11.0 Å². The number of likely N-dealkylation sites (tertiary alicyclic amines) is 1. The van der Waals surface area contributed by atoms with Gasteiger partial charge in [-0.2, -0.15) is 0 Å². The zero-order chi connectivity index (χ0) is 28.9. The molecular weight excluding hydrogens is 506 g/mol. The number of hydrogen-bond acceptors (Lipinski definition) is 7. The summed E-state index contributed by atoms with van der Waals surface area (Å²) < 4.78 is 17.7. The lowest BCUT2D eigenvalue weighted by Gasteiger charge is -2.38. The van der Waals surface area contributed by atoms with E-state index in [1.165, 1.54) is 17.0 Å². The van der Waals surface area contributed by atoms with Crippen LogP contribution in [0.5, 0.6) is 0 Å². The summed E-state index contributed by atoms with van der Waals surface area (Å²) in [5.41, 5.74) is 0.0683. The summed E-state index contributed by atoms with van der Waals surface area (Å²) in [6.07, 6.45) is 1.27. The zero-order valence-electron chi connectivity index (χ0n) is 24.4. The third kappa shape index (κ3) is 9.27. The Labute approximate surface area is 227 Å². The molecule has 0 aromatic heterocycles. The first-order valence-corrected chi connectivity index (χ1v) is 16.1. The number of rotatable bonds is 9. The molecule has 1 aliphatic rings. The van der Waals surface area contributed by atoms with Gasteiger partial charge in [-0.1, -0.05) is 20.8 Å². The van der Waals surface area contributed by atoms with Crippen LogP contribution in [0.1, 0.15) is 66.4 Å². The molecule has 1 saturated heterocycles. The molecule has 1 fully saturated rings. The third-order valence-electron chi connectivity index (χ3n) is 7.12. The second kappa shape index (κ2) is 12.5. The Morgan fingerprint density at radius 1 is 1.13 bits per heavy atom. The minimum Gasteiger partial charge on any atom is -0.445 e. The highest BCUT2D eigenvalue weighted by Crippen LogP contribution is 2.39. The van der Waals surface area contributed by atoms with E-state index in [-0.39, 0.29) is 35.6 Å². The number of non-ortho nitro benzene ring substituents is 1. The number of nitrogens with zero attached hydrogens (tertiary/aromatic N) is 3. The Morgan fingerprint density at radius 3 is 2.26 bits per heavy atom. The van der Waals surface area contributed by atoms with Crippen molar-refractivity contribution in [2.75, 3.05) is 20.1 Å². The Kier molecular flexibility index (Phi) is 10.3. The number of benzene rings is 1. The molecule has 2 rings (SSSR count). The van der Waals surface area contributed by atoms with Crippen molar-refractivity contribution in [3.63, 3.8) is 0 Å². The number of ether oxygens (including phenoxy) is 2. The predicted octanol–water partition coefficient (Wildman–Crippen LogP) is 6.34. The molecule has 1 aliphatic heterocycles. The van der Waals surface area contributed by atoms with Crippen LogP contribution in [0.15, 0.2) is 24.3 Å². The highest BCUT2D eigenvalue weighted by molar-refractivity contribution is 6.74. The molecule has 214 valence electrons. The Hall–Kier alpha value is -2.66. The SMILES string of the molecule is CN(CCC[C@@H]1C[C@@H](O[Si](C)(C)C(C)(C)C)CN1C(=O)OC(C)(C)C)C(=O)OCc1ccc([N+](=O)[O-])cc1. The van der Waals surface area contributed by atoms with Gasteiger partial charge in [0.1, 0.15) is 12.2 Å². The molecule has 11 heteroatoms. The van der Waals surface area contributed by atoms with Gasteiger partial charge < -0.3 is 23.7 Å². The fourth-order valence-electron chi connectivity index (χ4n) is 3.99. The monoisotopic (exact) mass is 551 g/mol. The molecule has 0 spiro atoms. The zero-order valence-corrected chi connectivity index (χ0v) is 25.4. The number of hydrogen-bond donors (Lipinski definition) is 0. The average Bonchev–Trinajstić information content (AvgIpc) is 3.17. The van der Waals surface area contributed by atoms with Gasteiger partial charge in [-0.05, 0) is 75.9 Å². The van der Waals surface area contributed by atoms with E-state index < -0.39 is 24.9 Å². The van der Waals surface area contributed by atoms with Crippen LogP contribution < -0.4 is 0 Å². The maximum atomic E-state index is 13.0. The van der Waals surface area contributed by atoms with Crippen molar-refractivity contribution in [1.29, 1.82) is 0 Å². The predicted molar refractivity (Wildman–Crippen MR) is 149 cm³/mol. The minimum atomic E-state index is -2.00. The molecule has 38 heavy (non-hydrogen) atoms. The number of carbonyl (C=O) groups is 2. The summed E-state index contributed by atoms with van der Waals surface area (Å²) in [6, 6.07) is 5.86. The summed E-state index contributed by atoms with van der Waals surface area (Å²) in [4.78, 5) is 39.0. The van der Waals surface area contributed by atoms with Crippen molar-refractivity contribution in [2.45, 2.75) is 103 Å². The lowest BCUT2D eigenvalue weighted by Crippen LogP contribution is -2.45. The largest absolute Gasteiger partial charge is 0.445 e. The maximum Gasteiger partial charge on any atom is 0.410 e. The van der Waals surface area contributed by atoms with Crippen molar-refractivity contribution in [1.82, 2.24) is 9.80 Å². The van der Waals surface area contributed by atoms with E-state index in [0.717, 1.165) is 6.42 Å². The van der Waals surface area contributed by atoms with E-state index in [9.17, 15) is 19.7 Å². The summed E-state index contributed by atoms with van der Waals surface area (Å²) in [6.45, 7) is 17.6. The molecule has 0 radical (unpaired) electrons. The molecule has 1 aromatic rings. The van der Waals surface area contributed by atoms with Crippen molar-refractivity contribution in [3.8, 4) is 0 Å². The molecule has 1 aromatic carbocycles. The minimum absolute atomic E-state index is 0.0125. The third-order valence-corrected chi connectivity index (χ3v) is 11.7. The van der Waals surface area contributed by atoms with E-state index in [0.29, 0.717) is 31.5 Å². The smallest absolute Gasteiger partial charge is 0.410 e. The van der Waals surface area contributed by atoms with Gasteiger partial charge in [0.15, 0.2) is 8.32 Å². The van der Waals surface area contributed by atoms with Crippen LogP contribution >= 0.6 is 0 Å². The van der Waals surface area contributed by atoms with Crippen LogP contribution in [0.3, 0.4) is 0 Å². The van der Waals surface area contributed by atoms with Gasteiger partial charge in [-0.15, -0.1) is 0 Å². The molecule has 1 heterocycles.